The van der Waals surface area contributed by atoms with Gasteiger partial charge in [-0.05, 0) is 27.7 Å². The largest absolute Gasteiger partial charge is 0.361 e. The lowest BCUT2D eigenvalue weighted by Gasteiger charge is -2.18. The minimum Gasteiger partial charge on any atom is -0.361 e. The maximum Gasteiger partial charge on any atom is 0.273 e. The van der Waals surface area contributed by atoms with Crippen LogP contribution in [-0.4, -0.2) is 23.1 Å². The molecular weight excluding hydrogens is 194 g/mol. The highest BCUT2D eigenvalue weighted by molar-refractivity contribution is 5.93. The third-order valence-electron chi connectivity index (χ3n) is 2.08. The van der Waals surface area contributed by atoms with Crippen molar-refractivity contribution in [3.63, 3.8) is 0 Å². The van der Waals surface area contributed by atoms with E-state index in [1.54, 1.807) is 13.8 Å². The molecule has 0 bridgehead atoms. The van der Waals surface area contributed by atoms with Gasteiger partial charge in [0.25, 0.3) is 5.91 Å². The van der Waals surface area contributed by atoms with Crippen LogP contribution in [0.2, 0.25) is 0 Å². The van der Waals surface area contributed by atoms with Gasteiger partial charge < -0.3 is 15.6 Å². The molecule has 1 heterocycles. The summed E-state index contributed by atoms with van der Waals surface area (Å²) in [7, 11) is 0. The number of hydrogen-bond donors (Lipinski definition) is 2. The van der Waals surface area contributed by atoms with Gasteiger partial charge in [-0.1, -0.05) is 5.16 Å². The minimum atomic E-state index is -0.428. The highest BCUT2D eigenvalue weighted by Crippen LogP contribution is 2.10. The second-order valence-corrected chi connectivity index (χ2v) is 4.38. The first-order chi connectivity index (χ1) is 6.81. The summed E-state index contributed by atoms with van der Waals surface area (Å²) in [6.07, 6.45) is 0. The SMILES string of the molecule is Cc1onc(C(=O)NCC(C)(C)N)c1C. The van der Waals surface area contributed by atoms with Crippen molar-refractivity contribution in [3.8, 4) is 0 Å². The summed E-state index contributed by atoms with van der Waals surface area (Å²) in [6, 6.07) is 0. The highest BCUT2D eigenvalue weighted by Gasteiger charge is 2.18. The molecular formula is C10H17N3O2. The molecule has 1 aromatic heterocycles. The Morgan fingerprint density at radius 2 is 2.13 bits per heavy atom. The lowest BCUT2D eigenvalue weighted by atomic mass is 10.1. The van der Waals surface area contributed by atoms with E-state index in [-0.39, 0.29) is 5.91 Å². The average molecular weight is 211 g/mol. The van der Waals surface area contributed by atoms with Gasteiger partial charge in [0.05, 0.1) is 0 Å². The molecule has 1 aromatic rings. The molecule has 0 radical (unpaired) electrons. The number of carbonyl (C=O) groups is 1. The highest BCUT2D eigenvalue weighted by atomic mass is 16.5. The van der Waals surface area contributed by atoms with Crippen LogP contribution in [0.1, 0.15) is 35.7 Å². The Hall–Kier alpha value is -1.36. The van der Waals surface area contributed by atoms with Crippen LogP contribution in [0, 0.1) is 13.8 Å². The predicted molar refractivity (Wildman–Crippen MR) is 56.6 cm³/mol. The Kier molecular flexibility index (Phi) is 3.14. The van der Waals surface area contributed by atoms with Crippen molar-refractivity contribution in [2.24, 2.45) is 5.73 Å². The number of rotatable bonds is 3. The third-order valence-corrected chi connectivity index (χ3v) is 2.08. The summed E-state index contributed by atoms with van der Waals surface area (Å²) in [4.78, 5) is 11.6. The molecule has 3 N–H and O–H groups in total. The van der Waals surface area contributed by atoms with Gasteiger partial charge in [-0.25, -0.2) is 0 Å². The van der Waals surface area contributed by atoms with Crippen molar-refractivity contribution in [1.82, 2.24) is 10.5 Å². The van der Waals surface area contributed by atoms with E-state index in [1.165, 1.54) is 0 Å². The zero-order chi connectivity index (χ0) is 11.6. The first-order valence-corrected chi connectivity index (χ1v) is 4.81. The number of aromatic nitrogens is 1. The van der Waals surface area contributed by atoms with Crippen molar-refractivity contribution in [2.75, 3.05) is 6.54 Å². The number of nitrogens with zero attached hydrogens (tertiary/aromatic N) is 1. The molecule has 0 saturated carbocycles. The van der Waals surface area contributed by atoms with E-state index in [9.17, 15) is 4.79 Å². The molecule has 15 heavy (non-hydrogen) atoms. The zero-order valence-electron chi connectivity index (χ0n) is 9.55. The van der Waals surface area contributed by atoms with Gasteiger partial charge in [0, 0.05) is 17.6 Å². The molecule has 0 spiro atoms. The Morgan fingerprint density at radius 1 is 1.53 bits per heavy atom. The molecule has 0 unspecified atom stereocenters. The summed E-state index contributed by atoms with van der Waals surface area (Å²) in [5.74, 6) is 0.412. The maximum atomic E-state index is 11.6. The van der Waals surface area contributed by atoms with E-state index < -0.39 is 5.54 Å². The van der Waals surface area contributed by atoms with E-state index >= 15 is 0 Å². The summed E-state index contributed by atoms with van der Waals surface area (Å²) in [5, 5.41) is 6.39. The number of aryl methyl sites for hydroxylation is 1. The van der Waals surface area contributed by atoms with Gasteiger partial charge in [0.1, 0.15) is 5.76 Å². The fourth-order valence-corrected chi connectivity index (χ4v) is 1.02. The molecule has 1 amide bonds. The fourth-order valence-electron chi connectivity index (χ4n) is 1.02. The summed E-state index contributed by atoms with van der Waals surface area (Å²) >= 11 is 0. The molecule has 84 valence electrons. The Balaban J connectivity index is 2.66. The quantitative estimate of drug-likeness (QED) is 0.773. The second-order valence-electron chi connectivity index (χ2n) is 4.38. The van der Waals surface area contributed by atoms with Crippen molar-refractivity contribution in [3.05, 3.63) is 17.0 Å². The van der Waals surface area contributed by atoms with E-state index in [2.05, 4.69) is 10.5 Å². The molecule has 1 rings (SSSR count). The first kappa shape index (κ1) is 11.7. The molecule has 0 aromatic carbocycles. The van der Waals surface area contributed by atoms with Crippen molar-refractivity contribution in [1.29, 1.82) is 0 Å². The van der Waals surface area contributed by atoms with Crippen LogP contribution in [0.15, 0.2) is 4.52 Å². The number of nitrogens with one attached hydrogen (secondary N) is 1. The second kappa shape index (κ2) is 4.02. The van der Waals surface area contributed by atoms with Crippen molar-refractivity contribution in [2.45, 2.75) is 33.2 Å². The molecule has 0 fully saturated rings. The smallest absolute Gasteiger partial charge is 0.273 e. The van der Waals surface area contributed by atoms with Gasteiger partial charge in [-0.15, -0.1) is 0 Å². The first-order valence-electron chi connectivity index (χ1n) is 4.81. The number of carbonyl (C=O) groups excluding carboxylic acids is 1. The standard InChI is InChI=1S/C10H17N3O2/c1-6-7(2)15-13-8(6)9(14)12-5-10(3,4)11/h5,11H2,1-4H3,(H,12,14). The van der Waals surface area contributed by atoms with Crippen LogP contribution >= 0.6 is 0 Å². The van der Waals surface area contributed by atoms with Gasteiger partial charge in [0.2, 0.25) is 0 Å². The van der Waals surface area contributed by atoms with E-state index in [0.29, 0.717) is 18.0 Å². The van der Waals surface area contributed by atoms with Gasteiger partial charge in [-0.2, -0.15) is 0 Å². The van der Waals surface area contributed by atoms with Gasteiger partial charge in [0.15, 0.2) is 5.69 Å². The molecule has 5 nitrogen and oxygen atoms in total. The van der Waals surface area contributed by atoms with Crippen molar-refractivity contribution < 1.29 is 9.32 Å². The van der Waals surface area contributed by atoms with Gasteiger partial charge in [-0.3, -0.25) is 4.79 Å². The van der Waals surface area contributed by atoms with Crippen LogP contribution in [0.25, 0.3) is 0 Å². The number of nitrogens with two attached hydrogens (primary N) is 1. The van der Waals surface area contributed by atoms with Crippen LogP contribution in [0.4, 0.5) is 0 Å². The molecule has 5 heteroatoms. The number of amides is 1. The third kappa shape index (κ3) is 3.06. The molecule has 0 saturated heterocycles. The van der Waals surface area contributed by atoms with E-state index in [0.717, 1.165) is 5.56 Å². The maximum absolute atomic E-state index is 11.6. The topological polar surface area (TPSA) is 81.2 Å². The van der Waals surface area contributed by atoms with Gasteiger partial charge >= 0.3 is 0 Å². The van der Waals surface area contributed by atoms with Crippen LogP contribution in [0.3, 0.4) is 0 Å². The Morgan fingerprint density at radius 3 is 2.53 bits per heavy atom. The Labute approximate surface area is 89.0 Å². The van der Waals surface area contributed by atoms with Crippen LogP contribution in [0.5, 0.6) is 0 Å². The van der Waals surface area contributed by atoms with Crippen LogP contribution < -0.4 is 11.1 Å². The summed E-state index contributed by atoms with van der Waals surface area (Å²) in [5.41, 5.74) is 6.41. The predicted octanol–water partition coefficient (Wildman–Crippen LogP) is 0.759. The van der Waals surface area contributed by atoms with E-state index in [4.69, 9.17) is 10.3 Å². The normalized spacial score (nSPS) is 11.5. The minimum absolute atomic E-state index is 0.247. The van der Waals surface area contributed by atoms with Crippen molar-refractivity contribution >= 4 is 5.91 Å². The fraction of sp³-hybridized carbons (Fsp3) is 0.600. The summed E-state index contributed by atoms with van der Waals surface area (Å²) in [6.45, 7) is 7.65. The van der Waals surface area contributed by atoms with E-state index in [1.807, 2.05) is 13.8 Å². The van der Waals surface area contributed by atoms with Crippen LogP contribution in [-0.2, 0) is 0 Å². The lowest BCUT2D eigenvalue weighted by Crippen LogP contribution is -2.45. The monoisotopic (exact) mass is 211 g/mol. The summed E-state index contributed by atoms with van der Waals surface area (Å²) < 4.78 is 4.91. The Bertz CT molecular complexity index is 363. The molecule has 0 aliphatic carbocycles. The molecule has 0 aliphatic rings. The lowest BCUT2D eigenvalue weighted by molar-refractivity contribution is 0.0936. The molecule has 0 aliphatic heterocycles. The average Bonchev–Trinajstić information content (AvgIpc) is 2.43. The molecule has 0 atom stereocenters. The zero-order valence-corrected chi connectivity index (χ0v) is 9.55. The number of hydrogen-bond acceptors (Lipinski definition) is 4.